The molecule has 3 saturated heterocycles. The lowest BCUT2D eigenvalue weighted by atomic mass is 9.97. The number of aromatic nitrogens is 9. The van der Waals surface area contributed by atoms with Gasteiger partial charge in [0.15, 0.2) is 18.9 Å². The SMILES string of the molecule is CC(=O)N[C@H]1[C@H](OCCOCCOCCOCCn2cc(COCC(COCc3cn(CCOCCOCCOCCO[C@@H]4O[C@H](CO)[C@H](O)[C@H](O)[C@H]4NC(C)=O)nn3)(COCc3cn(CCOCCOCCOCCO[C@@H]4O[C@H](CO)[C@H](O)[C@H](O)[C@H]4NC(C)=O)nn3)NC(=O)CCCCCNC(=O)OCc3ccccc3)nn2)O[C@H](CO)[C@H](O)[C@@H]1O. The van der Waals surface area contributed by atoms with Crippen LogP contribution in [0.25, 0.3) is 0 Å². The molecule has 3 aliphatic heterocycles. The smallest absolute Gasteiger partial charge is 0.407 e. The average molecular weight is 1750 g/mol. The lowest BCUT2D eigenvalue weighted by molar-refractivity contribution is -0.272. The molecule has 3 aliphatic rings. The van der Waals surface area contributed by atoms with Crippen molar-refractivity contribution < 1.29 is 160 Å². The van der Waals surface area contributed by atoms with Gasteiger partial charge in [-0.25, -0.2) is 18.8 Å². The molecule has 692 valence electrons. The van der Waals surface area contributed by atoms with Crippen molar-refractivity contribution in [3.05, 3.63) is 71.6 Å². The molecule has 122 heavy (non-hydrogen) atoms. The second-order valence-electron chi connectivity index (χ2n) is 28.4. The molecule has 0 spiro atoms. The van der Waals surface area contributed by atoms with Crippen LogP contribution in [0.3, 0.4) is 0 Å². The quantitative estimate of drug-likeness (QED) is 0.0183. The molecule has 3 fully saturated rings. The lowest BCUT2D eigenvalue weighted by Crippen LogP contribution is -2.64. The van der Waals surface area contributed by atoms with Gasteiger partial charge in [-0.05, 0) is 18.4 Å². The van der Waals surface area contributed by atoms with Crippen LogP contribution in [0.4, 0.5) is 4.79 Å². The van der Waals surface area contributed by atoms with Crippen molar-refractivity contribution in [2.24, 2.45) is 0 Å². The molecule has 0 aliphatic carbocycles. The highest BCUT2D eigenvalue weighted by Gasteiger charge is 2.48. The number of hydrogen-bond donors (Lipinski definition) is 14. The van der Waals surface area contributed by atoms with Crippen LogP contribution in [0.2, 0.25) is 0 Å². The van der Waals surface area contributed by atoms with Crippen molar-refractivity contribution in [2.75, 3.05) is 185 Å². The number of carbonyl (C=O) groups is 5. The maximum absolute atomic E-state index is 14.2. The van der Waals surface area contributed by atoms with E-state index in [-0.39, 0.29) is 197 Å². The van der Waals surface area contributed by atoms with Crippen molar-refractivity contribution in [1.82, 2.24) is 71.6 Å². The summed E-state index contributed by atoms with van der Waals surface area (Å²) >= 11 is 0. The Morgan fingerprint density at radius 3 is 1.04 bits per heavy atom. The molecule has 1 aromatic carbocycles. The number of rotatable bonds is 66. The molecule has 47 heteroatoms. The number of hydrogen-bond acceptors (Lipinski definition) is 39. The fraction of sp³-hybridized carbons (Fsp3) is 0.773. The second kappa shape index (κ2) is 58.8. The summed E-state index contributed by atoms with van der Waals surface area (Å²) in [6.45, 7) is 7.05. The highest BCUT2D eigenvalue weighted by atomic mass is 16.7. The summed E-state index contributed by atoms with van der Waals surface area (Å²) in [6, 6.07) is 6.09. The molecule has 4 aromatic rings. The van der Waals surface area contributed by atoms with Crippen LogP contribution in [0.1, 0.15) is 69.1 Å². The number of aliphatic hydroxyl groups is 9. The Balaban J connectivity index is 0.870. The first-order valence-corrected chi connectivity index (χ1v) is 40.6. The van der Waals surface area contributed by atoms with Crippen molar-refractivity contribution in [3.8, 4) is 0 Å². The molecule has 0 saturated carbocycles. The number of alkyl carbamates (subject to hydrolysis) is 1. The normalized spacial score (nSPS) is 23.0. The molecule has 7 rings (SSSR count). The molecule has 0 radical (unpaired) electrons. The van der Waals surface area contributed by atoms with Crippen LogP contribution in [-0.2, 0) is 155 Å². The van der Waals surface area contributed by atoms with Crippen LogP contribution in [0.5, 0.6) is 0 Å². The maximum atomic E-state index is 14.2. The van der Waals surface area contributed by atoms with Crippen LogP contribution in [-0.4, -0.2) is 403 Å². The third-order valence-electron chi connectivity index (χ3n) is 18.5. The van der Waals surface area contributed by atoms with Gasteiger partial charge >= 0.3 is 6.09 Å². The van der Waals surface area contributed by atoms with E-state index in [1.807, 2.05) is 30.3 Å². The number of aliphatic hydroxyl groups excluding tert-OH is 9. The van der Waals surface area contributed by atoms with E-state index in [4.69, 9.17) is 90.0 Å². The Hall–Kier alpha value is -7.29. The Morgan fingerprint density at radius 1 is 0.402 bits per heavy atom. The first-order valence-electron chi connectivity index (χ1n) is 40.6. The van der Waals surface area contributed by atoms with E-state index in [1.165, 1.54) is 20.8 Å². The van der Waals surface area contributed by atoms with E-state index in [1.54, 1.807) is 32.6 Å². The second-order valence-corrected chi connectivity index (χ2v) is 28.4. The third-order valence-corrected chi connectivity index (χ3v) is 18.5. The maximum Gasteiger partial charge on any atom is 0.407 e. The van der Waals surface area contributed by atoms with Gasteiger partial charge in [-0.2, -0.15) is 0 Å². The number of nitrogens with one attached hydrogen (secondary N) is 5. The summed E-state index contributed by atoms with van der Waals surface area (Å²) in [5.41, 5.74) is 0.893. The van der Waals surface area contributed by atoms with Gasteiger partial charge in [-0.15, -0.1) is 15.3 Å². The van der Waals surface area contributed by atoms with Gasteiger partial charge < -0.3 is 163 Å². The summed E-state index contributed by atoms with van der Waals surface area (Å²) in [5.74, 6) is -1.75. The minimum Gasteiger partial charge on any atom is -0.445 e. The first-order chi connectivity index (χ1) is 59.2. The summed E-state index contributed by atoms with van der Waals surface area (Å²) in [7, 11) is 0. The average Bonchev–Trinajstić information content (AvgIpc) is 1.37. The number of benzene rings is 1. The molecular formula is C75H124N14O33. The van der Waals surface area contributed by atoms with Crippen molar-refractivity contribution in [1.29, 1.82) is 0 Å². The van der Waals surface area contributed by atoms with E-state index in [0.29, 0.717) is 62.5 Å². The predicted molar refractivity (Wildman–Crippen MR) is 414 cm³/mol. The van der Waals surface area contributed by atoms with Gasteiger partial charge in [-0.1, -0.05) is 52.4 Å². The van der Waals surface area contributed by atoms with Crippen molar-refractivity contribution in [3.63, 3.8) is 0 Å². The monoisotopic (exact) mass is 1750 g/mol. The standard InChI is InChI=1S/C75H124N14O33/c1-51(93)77-62-68(100)65(97)58(41-90)120-71(62)116-35-32-110-29-26-107-23-20-104-17-14-87-38-55(81-84-87)45-113-48-75(80-61(96)12-8-5-9-13-76-74(103)119-44-54-10-6-4-7-11-54,49-114-46-56-39-88(85-82-56)15-18-105-21-24-108-27-30-111-33-36-117-72-63(78-52(2)94)69(101)66(98)59(42-91)121-72)50-115-47-57-40-89(86-83-57)16-19-106-22-25-109-28-31-112-34-37-118-73-64(79-53(3)95)70(102)67(99)60(43-92)122-73/h4,6-7,10-11,38-40,58-60,62-73,90-92,97-102H,5,8-9,12-37,41-50H2,1-3H3,(H,76,103)(H,77,93)(H,78,94)(H,79,95)(H,80,96)/t58-,59-,60-,62-,63-,64-,65+,66+,67+,68-,69-,70-,71-,72-,73-/m1/s1. The van der Waals surface area contributed by atoms with Gasteiger partial charge in [0, 0.05) is 33.7 Å². The Bertz CT molecular complexity index is 3210. The predicted octanol–water partition coefficient (Wildman–Crippen LogP) is -6.22. The van der Waals surface area contributed by atoms with E-state index >= 15 is 0 Å². The molecule has 0 bridgehead atoms. The molecule has 47 nitrogen and oxygen atoms in total. The fourth-order valence-corrected chi connectivity index (χ4v) is 12.3. The van der Waals surface area contributed by atoms with E-state index < -0.39 is 141 Å². The zero-order valence-electron chi connectivity index (χ0n) is 69.2. The van der Waals surface area contributed by atoms with Crippen molar-refractivity contribution >= 4 is 29.7 Å². The number of carbonyl (C=O) groups excluding carboxylic acids is 5. The lowest BCUT2D eigenvalue weighted by Gasteiger charge is -2.42. The Morgan fingerprint density at radius 2 is 0.721 bits per heavy atom. The molecule has 0 unspecified atom stereocenters. The number of nitrogens with zero attached hydrogens (tertiary/aromatic N) is 9. The Kier molecular flexibility index (Phi) is 49.1. The molecule has 5 amide bonds. The zero-order valence-corrected chi connectivity index (χ0v) is 69.2. The number of unbranched alkanes of at least 4 members (excludes halogenated alkanes) is 2. The van der Waals surface area contributed by atoms with Gasteiger partial charge in [0.05, 0.1) is 236 Å². The van der Waals surface area contributed by atoms with Gasteiger partial charge in [0.1, 0.15) is 102 Å². The highest BCUT2D eigenvalue weighted by Crippen LogP contribution is 2.26. The minimum atomic E-state index is -1.43. The van der Waals surface area contributed by atoms with E-state index in [2.05, 4.69) is 57.5 Å². The van der Waals surface area contributed by atoms with E-state index in [0.717, 1.165) is 5.56 Å². The molecule has 3 aromatic heterocycles. The topological polar surface area (TPSA) is 595 Å². The molecule has 14 N–H and O–H groups in total. The summed E-state index contributed by atoms with van der Waals surface area (Å²) in [4.78, 5) is 61.8. The van der Waals surface area contributed by atoms with Gasteiger partial charge in [-0.3, -0.25) is 19.2 Å². The first kappa shape index (κ1) is 102. The summed E-state index contributed by atoms with van der Waals surface area (Å²) in [5, 5.41) is 130. The number of amides is 5. The summed E-state index contributed by atoms with van der Waals surface area (Å²) < 4.78 is 114. The molecule has 6 heterocycles. The Labute approximate surface area is 705 Å². The van der Waals surface area contributed by atoms with E-state index in [9.17, 15) is 69.9 Å². The van der Waals surface area contributed by atoms with Crippen LogP contribution in [0, 0.1) is 0 Å². The third kappa shape index (κ3) is 38.7. The molecule has 15 atom stereocenters. The van der Waals surface area contributed by atoms with Crippen LogP contribution >= 0.6 is 0 Å². The van der Waals surface area contributed by atoms with Crippen molar-refractivity contribution in [2.45, 2.75) is 190 Å². The van der Waals surface area contributed by atoms with Gasteiger partial charge in [0.2, 0.25) is 23.6 Å². The van der Waals surface area contributed by atoms with Crippen LogP contribution in [0.15, 0.2) is 48.9 Å². The molecular weight excluding hydrogens is 1620 g/mol. The summed E-state index contributed by atoms with van der Waals surface area (Å²) in [6.07, 6.45) is -9.10. The number of ether oxygens (including phenoxy) is 19. The largest absolute Gasteiger partial charge is 0.445 e. The minimum absolute atomic E-state index is 0.0147. The highest BCUT2D eigenvalue weighted by molar-refractivity contribution is 5.77. The zero-order chi connectivity index (χ0) is 87.5. The van der Waals surface area contributed by atoms with Gasteiger partial charge in [0.25, 0.3) is 0 Å². The fourth-order valence-electron chi connectivity index (χ4n) is 12.3. The van der Waals surface area contributed by atoms with Crippen LogP contribution < -0.4 is 26.6 Å².